The molecule has 0 radical (unpaired) electrons. The molecule has 2 fully saturated rings. The number of anilines is 2. The van der Waals surface area contributed by atoms with Crippen LogP contribution in [-0.2, 0) is 13.0 Å². The molecular formula is C28H27F5N8. The van der Waals surface area contributed by atoms with Crippen molar-refractivity contribution in [3.63, 3.8) is 0 Å². The second-order valence-corrected chi connectivity index (χ2v) is 11.3. The number of halogens is 5. The van der Waals surface area contributed by atoms with Crippen molar-refractivity contribution in [2.75, 3.05) is 38.5 Å². The Morgan fingerprint density at radius 3 is 2.44 bits per heavy atom. The van der Waals surface area contributed by atoms with E-state index in [1.807, 2.05) is 6.07 Å². The van der Waals surface area contributed by atoms with E-state index in [0.29, 0.717) is 17.7 Å². The maximum atomic E-state index is 15.0. The molecule has 1 aromatic carbocycles. The van der Waals surface area contributed by atoms with Gasteiger partial charge in [-0.1, -0.05) is 6.07 Å². The lowest BCUT2D eigenvalue weighted by molar-refractivity contribution is -0.164. The van der Waals surface area contributed by atoms with Gasteiger partial charge in [0, 0.05) is 50.9 Å². The fraction of sp³-hybridized carbons (Fsp3) is 0.429. The highest BCUT2D eigenvalue weighted by atomic mass is 19.4. The molecule has 0 spiro atoms. The van der Waals surface area contributed by atoms with Crippen LogP contribution in [0.25, 0.3) is 22.3 Å². The number of likely N-dealkylation sites (tertiary alicyclic amines) is 2. The summed E-state index contributed by atoms with van der Waals surface area (Å²) in [6.45, 7) is 5.24. The average molecular weight is 571 g/mol. The molecule has 4 aromatic rings. The first kappa shape index (κ1) is 26.2. The molecule has 3 unspecified atom stereocenters. The Balaban J connectivity index is 1.11. The Morgan fingerprint density at radius 2 is 1.73 bits per heavy atom. The zero-order chi connectivity index (χ0) is 28.5. The van der Waals surface area contributed by atoms with E-state index in [4.69, 9.17) is 0 Å². The predicted molar refractivity (Wildman–Crippen MR) is 141 cm³/mol. The van der Waals surface area contributed by atoms with Gasteiger partial charge in [0.15, 0.2) is 11.6 Å². The summed E-state index contributed by atoms with van der Waals surface area (Å²) in [7, 11) is 2.17. The first-order valence-corrected chi connectivity index (χ1v) is 13.5. The summed E-state index contributed by atoms with van der Waals surface area (Å²) in [5, 5.41) is 2.94. The van der Waals surface area contributed by atoms with Gasteiger partial charge in [0.2, 0.25) is 5.95 Å². The Kier molecular flexibility index (Phi) is 6.19. The molecule has 3 aliphatic rings. The van der Waals surface area contributed by atoms with Crippen molar-refractivity contribution in [2.45, 2.75) is 31.6 Å². The fourth-order valence-electron chi connectivity index (χ4n) is 6.62. The highest BCUT2D eigenvalue weighted by molar-refractivity contribution is 5.83. The maximum Gasteiger partial charge on any atom is 0.409 e. The van der Waals surface area contributed by atoms with Gasteiger partial charge in [-0.2, -0.15) is 13.2 Å². The van der Waals surface area contributed by atoms with E-state index in [2.05, 4.69) is 42.1 Å². The quantitative estimate of drug-likeness (QED) is 0.341. The molecule has 0 saturated carbocycles. The van der Waals surface area contributed by atoms with E-state index in [-0.39, 0.29) is 46.9 Å². The Morgan fingerprint density at radius 1 is 0.951 bits per heavy atom. The lowest BCUT2D eigenvalue weighted by Crippen LogP contribution is -2.26. The highest BCUT2D eigenvalue weighted by Crippen LogP contribution is 2.42. The predicted octanol–water partition coefficient (Wildman–Crippen LogP) is 4.95. The number of benzene rings is 1. The minimum absolute atomic E-state index is 0.0154. The molecule has 0 amide bonds. The number of imidazole rings is 1. The first-order valence-electron chi connectivity index (χ1n) is 13.5. The van der Waals surface area contributed by atoms with Crippen LogP contribution in [0.1, 0.15) is 23.9 Å². The summed E-state index contributed by atoms with van der Waals surface area (Å²) in [6.07, 6.45) is -1.91. The smallest absolute Gasteiger partial charge is 0.316 e. The number of nitrogens with zero attached hydrogens (tertiary/aromatic N) is 7. The van der Waals surface area contributed by atoms with Gasteiger partial charge in [0.25, 0.3) is 0 Å². The van der Waals surface area contributed by atoms with Gasteiger partial charge >= 0.3 is 6.18 Å². The number of hydrogen-bond donors (Lipinski definition) is 1. The Bertz CT molecular complexity index is 1600. The van der Waals surface area contributed by atoms with E-state index in [0.717, 1.165) is 55.1 Å². The molecule has 3 aliphatic heterocycles. The van der Waals surface area contributed by atoms with Crippen LogP contribution in [0.2, 0.25) is 0 Å². The van der Waals surface area contributed by atoms with Crippen molar-refractivity contribution in [2.24, 2.45) is 11.8 Å². The highest BCUT2D eigenvalue weighted by Gasteiger charge is 2.46. The molecule has 7 rings (SSSR count). The molecule has 8 nitrogen and oxygen atoms in total. The normalized spacial score (nSPS) is 22.9. The average Bonchev–Trinajstić information content (AvgIpc) is 3.66. The summed E-state index contributed by atoms with van der Waals surface area (Å²) >= 11 is 0. The number of nitrogens with one attached hydrogen (secondary N) is 1. The summed E-state index contributed by atoms with van der Waals surface area (Å²) in [6, 6.07) is 4.25. The SMILES string of the molecule is CN1CC2CN(Cc3ccc(Nc4ncc(F)c(-c5cc(F)c6nc7n(c6c5)C(C(F)(F)F)CC7)n4)nc3)CC2C1. The fourth-order valence-corrected chi connectivity index (χ4v) is 6.62. The van der Waals surface area contributed by atoms with E-state index in [1.165, 1.54) is 6.07 Å². The second-order valence-electron chi connectivity index (χ2n) is 11.3. The molecule has 2 saturated heterocycles. The van der Waals surface area contributed by atoms with Crippen LogP contribution >= 0.6 is 0 Å². The first-order chi connectivity index (χ1) is 19.6. The van der Waals surface area contributed by atoms with Crippen molar-refractivity contribution in [3.05, 3.63) is 59.7 Å². The van der Waals surface area contributed by atoms with Crippen molar-refractivity contribution >= 4 is 22.8 Å². The molecule has 0 aliphatic carbocycles. The summed E-state index contributed by atoms with van der Waals surface area (Å²) in [5.41, 5.74) is 0.576. The molecular weight excluding hydrogens is 543 g/mol. The largest absolute Gasteiger partial charge is 0.409 e. The van der Waals surface area contributed by atoms with Gasteiger partial charge in [0.1, 0.15) is 28.9 Å². The number of aromatic nitrogens is 5. The maximum absolute atomic E-state index is 15.0. The number of aryl methyl sites for hydroxylation is 1. The van der Waals surface area contributed by atoms with Gasteiger partial charge in [0.05, 0.1) is 11.7 Å². The molecule has 214 valence electrons. The van der Waals surface area contributed by atoms with E-state index < -0.39 is 23.9 Å². The van der Waals surface area contributed by atoms with Gasteiger partial charge in [-0.05, 0) is 49.1 Å². The monoisotopic (exact) mass is 570 g/mol. The van der Waals surface area contributed by atoms with Crippen molar-refractivity contribution in [3.8, 4) is 11.3 Å². The number of rotatable bonds is 5. The molecule has 6 heterocycles. The number of fused-ring (bicyclic) bond motifs is 4. The van der Waals surface area contributed by atoms with Crippen LogP contribution < -0.4 is 5.32 Å². The number of hydrogen-bond acceptors (Lipinski definition) is 7. The molecule has 0 bridgehead atoms. The lowest BCUT2D eigenvalue weighted by atomic mass is 10.0. The lowest BCUT2D eigenvalue weighted by Gasteiger charge is -2.19. The van der Waals surface area contributed by atoms with Crippen LogP contribution in [-0.4, -0.2) is 73.7 Å². The molecule has 13 heteroatoms. The summed E-state index contributed by atoms with van der Waals surface area (Å²) in [4.78, 5) is 21.5. The third-order valence-electron chi connectivity index (χ3n) is 8.39. The topological polar surface area (TPSA) is 75.0 Å². The van der Waals surface area contributed by atoms with Gasteiger partial charge in [-0.15, -0.1) is 0 Å². The van der Waals surface area contributed by atoms with E-state index in [9.17, 15) is 17.6 Å². The Labute approximate surface area is 232 Å². The summed E-state index contributed by atoms with van der Waals surface area (Å²) in [5.74, 6) is 0.354. The van der Waals surface area contributed by atoms with Crippen molar-refractivity contribution in [1.82, 2.24) is 34.3 Å². The zero-order valence-electron chi connectivity index (χ0n) is 22.2. The van der Waals surface area contributed by atoms with Crippen LogP contribution in [0.5, 0.6) is 0 Å². The standard InChI is InChI=1S/C28H27F5N8/c1-39-11-17-13-40(14-18(17)12-39)10-15-2-4-23(34-8-15)36-27-35-9-20(30)25(38-27)16-6-19(29)26-21(7-16)41-22(28(31,32)33)3-5-24(41)37-26/h2,4,6-9,17-18,22H,3,5,10-14H2,1H3,(H,34,35,36,38). The molecule has 3 atom stereocenters. The van der Waals surface area contributed by atoms with Crippen LogP contribution in [0.4, 0.5) is 33.7 Å². The Hall–Kier alpha value is -3.71. The van der Waals surface area contributed by atoms with Crippen LogP contribution in [0.15, 0.2) is 36.7 Å². The van der Waals surface area contributed by atoms with E-state index in [1.54, 1.807) is 12.3 Å². The number of pyridine rings is 1. The summed E-state index contributed by atoms with van der Waals surface area (Å²) < 4.78 is 71.8. The molecule has 41 heavy (non-hydrogen) atoms. The van der Waals surface area contributed by atoms with E-state index >= 15 is 4.39 Å². The minimum atomic E-state index is -4.52. The molecule has 1 N–H and O–H groups in total. The van der Waals surface area contributed by atoms with Crippen LogP contribution in [0.3, 0.4) is 0 Å². The third kappa shape index (κ3) is 4.80. The van der Waals surface area contributed by atoms with Crippen molar-refractivity contribution in [1.29, 1.82) is 0 Å². The van der Waals surface area contributed by atoms with Crippen molar-refractivity contribution < 1.29 is 22.0 Å². The number of alkyl halides is 3. The second kappa shape index (κ2) is 9.69. The van der Waals surface area contributed by atoms with Gasteiger partial charge < -0.3 is 14.8 Å². The van der Waals surface area contributed by atoms with Gasteiger partial charge in [-0.3, -0.25) is 4.90 Å². The third-order valence-corrected chi connectivity index (χ3v) is 8.39. The zero-order valence-corrected chi connectivity index (χ0v) is 22.2. The minimum Gasteiger partial charge on any atom is -0.316 e. The van der Waals surface area contributed by atoms with Crippen LogP contribution in [0, 0.1) is 23.5 Å². The molecule has 3 aromatic heterocycles. The van der Waals surface area contributed by atoms with Gasteiger partial charge in [-0.25, -0.2) is 28.7 Å².